The summed E-state index contributed by atoms with van der Waals surface area (Å²) in [5.74, 6) is -0.271. The molecular formula is C17H22F3NO3. The molecule has 1 aliphatic rings. The average Bonchev–Trinajstić information content (AvgIpc) is 2.53. The fraction of sp³-hybridized carbons (Fsp3) is 0.588. The van der Waals surface area contributed by atoms with E-state index in [2.05, 4.69) is 0 Å². The summed E-state index contributed by atoms with van der Waals surface area (Å²) in [5.41, 5.74) is -3.01. The van der Waals surface area contributed by atoms with Gasteiger partial charge in [0.2, 0.25) is 0 Å². The minimum Gasteiger partial charge on any atom is -0.396 e. The van der Waals surface area contributed by atoms with E-state index in [4.69, 9.17) is 0 Å². The third-order valence-corrected chi connectivity index (χ3v) is 4.89. The molecule has 1 fully saturated rings. The van der Waals surface area contributed by atoms with Crippen LogP contribution < -0.4 is 0 Å². The van der Waals surface area contributed by atoms with Crippen molar-refractivity contribution in [3.05, 3.63) is 35.4 Å². The molecule has 134 valence electrons. The maximum atomic E-state index is 12.9. The molecule has 7 heteroatoms. The summed E-state index contributed by atoms with van der Waals surface area (Å²) in [5, 5.41) is 19.0. The Morgan fingerprint density at radius 2 is 1.88 bits per heavy atom. The Hall–Kier alpha value is -1.60. The number of aliphatic hydroxyl groups excluding tert-OH is 1. The predicted molar refractivity (Wildman–Crippen MR) is 82.4 cm³/mol. The van der Waals surface area contributed by atoms with Crippen LogP contribution in [0.5, 0.6) is 0 Å². The molecule has 1 amide bonds. The molecule has 1 aromatic carbocycles. The van der Waals surface area contributed by atoms with Gasteiger partial charge in [0.15, 0.2) is 5.60 Å². The lowest BCUT2D eigenvalue weighted by atomic mass is 9.90. The summed E-state index contributed by atoms with van der Waals surface area (Å²) in [6.45, 7) is 3.10. The molecule has 0 spiro atoms. The Kier molecular flexibility index (Phi) is 5.25. The maximum Gasteiger partial charge on any atom is 0.421 e. The number of hydrogen-bond donors (Lipinski definition) is 2. The summed E-state index contributed by atoms with van der Waals surface area (Å²) in [7, 11) is 0. The van der Waals surface area contributed by atoms with Crippen molar-refractivity contribution < 1.29 is 28.2 Å². The molecule has 1 aromatic rings. The van der Waals surface area contributed by atoms with Gasteiger partial charge in [0.1, 0.15) is 0 Å². The van der Waals surface area contributed by atoms with Crippen LogP contribution in [0.1, 0.15) is 42.6 Å². The van der Waals surface area contributed by atoms with E-state index in [9.17, 15) is 28.2 Å². The number of benzene rings is 1. The average molecular weight is 345 g/mol. The molecule has 24 heavy (non-hydrogen) atoms. The first-order valence-corrected chi connectivity index (χ1v) is 7.91. The number of carbonyl (C=O) groups excluding carboxylic acids is 1. The fourth-order valence-corrected chi connectivity index (χ4v) is 3.02. The van der Waals surface area contributed by atoms with E-state index < -0.39 is 11.8 Å². The van der Waals surface area contributed by atoms with Gasteiger partial charge in [-0.1, -0.05) is 12.1 Å². The normalized spacial score (nSPS) is 24.5. The molecular weight excluding hydrogens is 323 g/mol. The first kappa shape index (κ1) is 18.7. The highest BCUT2D eigenvalue weighted by Crippen LogP contribution is 2.38. The van der Waals surface area contributed by atoms with Crippen molar-refractivity contribution in [2.75, 3.05) is 13.2 Å². The summed E-state index contributed by atoms with van der Waals surface area (Å²) in [6.07, 6.45) is -3.18. The van der Waals surface area contributed by atoms with Gasteiger partial charge in [-0.15, -0.1) is 0 Å². The van der Waals surface area contributed by atoms with Crippen LogP contribution in [0.3, 0.4) is 0 Å². The maximum absolute atomic E-state index is 12.9. The monoisotopic (exact) mass is 345 g/mol. The second kappa shape index (κ2) is 6.72. The highest BCUT2D eigenvalue weighted by atomic mass is 19.4. The lowest BCUT2D eigenvalue weighted by Crippen LogP contribution is -2.47. The van der Waals surface area contributed by atoms with Crippen molar-refractivity contribution in [2.45, 2.75) is 44.5 Å². The van der Waals surface area contributed by atoms with Crippen molar-refractivity contribution in [3.63, 3.8) is 0 Å². The minimum absolute atomic E-state index is 0.00165. The van der Waals surface area contributed by atoms with Gasteiger partial charge in [-0.25, -0.2) is 0 Å². The standard InChI is InChI=1S/C17H22F3NO3/c1-11-13(10-22)4-3-9-21(11)15(23)12-5-7-14(8-6-12)16(2,24)17(18,19)20/h5-8,11,13,22,24H,3-4,9-10H2,1-2H3. The lowest BCUT2D eigenvalue weighted by Gasteiger charge is -2.38. The fourth-order valence-electron chi connectivity index (χ4n) is 3.02. The molecule has 0 aromatic heterocycles. The minimum atomic E-state index is -4.80. The van der Waals surface area contributed by atoms with Crippen LogP contribution >= 0.6 is 0 Å². The molecule has 1 saturated heterocycles. The second-order valence-corrected chi connectivity index (χ2v) is 6.47. The number of aliphatic hydroxyl groups is 2. The first-order chi connectivity index (χ1) is 11.1. The van der Waals surface area contributed by atoms with Crippen molar-refractivity contribution in [2.24, 2.45) is 5.92 Å². The van der Waals surface area contributed by atoms with Gasteiger partial charge in [0.05, 0.1) is 0 Å². The molecule has 0 aliphatic carbocycles. The lowest BCUT2D eigenvalue weighted by molar-refractivity contribution is -0.258. The largest absolute Gasteiger partial charge is 0.421 e. The molecule has 1 heterocycles. The Balaban J connectivity index is 2.20. The number of hydrogen-bond acceptors (Lipinski definition) is 3. The van der Waals surface area contributed by atoms with Gasteiger partial charge < -0.3 is 15.1 Å². The van der Waals surface area contributed by atoms with Crippen molar-refractivity contribution in [1.82, 2.24) is 4.90 Å². The van der Waals surface area contributed by atoms with Crippen LogP contribution in [-0.2, 0) is 5.60 Å². The van der Waals surface area contributed by atoms with E-state index in [1.54, 1.807) is 4.90 Å². The molecule has 3 atom stereocenters. The van der Waals surface area contributed by atoms with Gasteiger partial charge in [-0.2, -0.15) is 13.2 Å². The number of likely N-dealkylation sites (tertiary alicyclic amines) is 1. The van der Waals surface area contributed by atoms with Gasteiger partial charge >= 0.3 is 6.18 Å². The van der Waals surface area contributed by atoms with E-state index in [0.29, 0.717) is 13.5 Å². The quantitative estimate of drug-likeness (QED) is 0.885. The van der Waals surface area contributed by atoms with Crippen LogP contribution in [0, 0.1) is 5.92 Å². The summed E-state index contributed by atoms with van der Waals surface area (Å²) in [4.78, 5) is 14.2. The second-order valence-electron chi connectivity index (χ2n) is 6.47. The van der Waals surface area contributed by atoms with Crippen LogP contribution in [0.2, 0.25) is 0 Å². The number of rotatable bonds is 3. The van der Waals surface area contributed by atoms with Crippen LogP contribution in [0.25, 0.3) is 0 Å². The van der Waals surface area contributed by atoms with Crippen LogP contribution in [0.4, 0.5) is 13.2 Å². The Labute approximate surface area is 138 Å². The number of piperidine rings is 1. The number of nitrogens with zero attached hydrogens (tertiary/aromatic N) is 1. The molecule has 4 nitrogen and oxygen atoms in total. The summed E-state index contributed by atoms with van der Waals surface area (Å²) in [6, 6.07) is 4.71. The summed E-state index contributed by atoms with van der Waals surface area (Å²) < 4.78 is 38.6. The van der Waals surface area contributed by atoms with Crippen LogP contribution in [-0.4, -0.2) is 46.4 Å². The van der Waals surface area contributed by atoms with Gasteiger partial charge in [-0.05, 0) is 44.4 Å². The van der Waals surface area contributed by atoms with Gasteiger partial charge in [-0.3, -0.25) is 4.79 Å². The Bertz CT molecular complexity index is 584. The van der Waals surface area contributed by atoms with E-state index >= 15 is 0 Å². The van der Waals surface area contributed by atoms with Crippen molar-refractivity contribution in [1.29, 1.82) is 0 Å². The zero-order chi connectivity index (χ0) is 18.1. The van der Waals surface area contributed by atoms with E-state index in [1.807, 2.05) is 6.92 Å². The number of alkyl halides is 3. The molecule has 0 bridgehead atoms. The van der Waals surface area contributed by atoms with E-state index in [-0.39, 0.29) is 35.6 Å². The highest BCUT2D eigenvalue weighted by Gasteiger charge is 2.51. The SMILES string of the molecule is CC1C(CO)CCCN1C(=O)c1ccc(C(C)(O)C(F)(F)F)cc1. The summed E-state index contributed by atoms with van der Waals surface area (Å²) >= 11 is 0. The molecule has 0 saturated carbocycles. The van der Waals surface area contributed by atoms with E-state index in [0.717, 1.165) is 25.0 Å². The number of amides is 1. The molecule has 2 N–H and O–H groups in total. The first-order valence-electron chi connectivity index (χ1n) is 7.91. The van der Waals surface area contributed by atoms with Crippen LogP contribution in [0.15, 0.2) is 24.3 Å². The highest BCUT2D eigenvalue weighted by molar-refractivity contribution is 5.94. The van der Waals surface area contributed by atoms with Gasteiger partial charge in [0, 0.05) is 30.7 Å². The van der Waals surface area contributed by atoms with Crippen molar-refractivity contribution in [3.8, 4) is 0 Å². The Morgan fingerprint density at radius 3 is 2.38 bits per heavy atom. The van der Waals surface area contributed by atoms with E-state index in [1.165, 1.54) is 12.1 Å². The third kappa shape index (κ3) is 3.42. The van der Waals surface area contributed by atoms with Gasteiger partial charge in [0.25, 0.3) is 5.91 Å². The predicted octanol–water partition coefficient (Wildman–Crippen LogP) is 2.69. The Morgan fingerprint density at radius 1 is 1.29 bits per heavy atom. The molecule has 3 unspecified atom stereocenters. The number of halogens is 3. The molecule has 0 radical (unpaired) electrons. The van der Waals surface area contributed by atoms with Crippen molar-refractivity contribution >= 4 is 5.91 Å². The topological polar surface area (TPSA) is 60.8 Å². The smallest absolute Gasteiger partial charge is 0.396 e. The zero-order valence-electron chi connectivity index (χ0n) is 13.7. The number of carbonyl (C=O) groups is 1. The molecule has 2 rings (SSSR count). The third-order valence-electron chi connectivity index (χ3n) is 4.89. The molecule has 1 aliphatic heterocycles. The zero-order valence-corrected chi connectivity index (χ0v) is 13.7.